The predicted octanol–water partition coefficient (Wildman–Crippen LogP) is 4.77. The van der Waals surface area contributed by atoms with Crippen LogP contribution in [0.5, 0.6) is 0 Å². The largest absolute Gasteiger partial charge is 0.316 e. The second kappa shape index (κ2) is 5.45. The van der Waals surface area contributed by atoms with Crippen molar-refractivity contribution in [3.8, 4) is 5.69 Å². The fraction of sp³-hybridized carbons (Fsp3) is 0.368. The fourth-order valence-corrected chi connectivity index (χ4v) is 4.04. The van der Waals surface area contributed by atoms with Gasteiger partial charge in [0.2, 0.25) is 0 Å². The molecule has 0 saturated heterocycles. The third kappa shape index (κ3) is 2.23. The normalized spacial score (nSPS) is 22.1. The second-order valence-corrected chi connectivity index (χ2v) is 7.39. The fourth-order valence-electron chi connectivity index (χ4n) is 3.79. The van der Waals surface area contributed by atoms with Gasteiger partial charge in [0.25, 0.3) is 0 Å². The number of hydrogen-bond donors (Lipinski definition) is 0. The summed E-state index contributed by atoms with van der Waals surface area (Å²) in [5.74, 6) is 0.428. The van der Waals surface area contributed by atoms with Crippen LogP contribution in [0.4, 0.5) is 0 Å². The molecular formula is C19H20BrN3. The van der Waals surface area contributed by atoms with E-state index < -0.39 is 0 Å². The molecule has 0 aliphatic carbocycles. The minimum Gasteiger partial charge on any atom is -0.316 e. The Morgan fingerprint density at radius 1 is 1.26 bits per heavy atom. The lowest BCUT2D eigenvalue weighted by Gasteiger charge is -2.20. The first-order valence-electron chi connectivity index (χ1n) is 8.13. The zero-order valence-electron chi connectivity index (χ0n) is 13.7. The second-order valence-electron chi connectivity index (χ2n) is 6.54. The highest BCUT2D eigenvalue weighted by Crippen LogP contribution is 2.39. The quantitative estimate of drug-likeness (QED) is 0.692. The van der Waals surface area contributed by atoms with Crippen molar-refractivity contribution in [2.24, 2.45) is 9.98 Å². The lowest BCUT2D eigenvalue weighted by atomic mass is 9.95. The lowest BCUT2D eigenvalue weighted by Crippen LogP contribution is -2.13. The summed E-state index contributed by atoms with van der Waals surface area (Å²) < 4.78 is 3.61. The highest BCUT2D eigenvalue weighted by Gasteiger charge is 2.31. The summed E-state index contributed by atoms with van der Waals surface area (Å²) in [5, 5.41) is 0. The monoisotopic (exact) mass is 369 g/mol. The SMILES string of the molecule is Cc1cc(-n2c3c(c4c2C(C)CN=C4)C(C)N=CC3)ccc1Br. The zero-order valence-corrected chi connectivity index (χ0v) is 15.3. The van der Waals surface area contributed by atoms with Crippen LogP contribution in [0.3, 0.4) is 0 Å². The van der Waals surface area contributed by atoms with Crippen molar-refractivity contribution in [3.05, 3.63) is 50.8 Å². The molecule has 0 bridgehead atoms. The molecule has 0 N–H and O–H groups in total. The van der Waals surface area contributed by atoms with E-state index >= 15 is 0 Å². The number of benzene rings is 1. The van der Waals surface area contributed by atoms with Crippen molar-refractivity contribution in [1.29, 1.82) is 0 Å². The summed E-state index contributed by atoms with van der Waals surface area (Å²) in [6.07, 6.45) is 5.01. The average Bonchev–Trinajstić information content (AvgIpc) is 2.87. The number of aliphatic imine (C=N–C) groups is 2. The van der Waals surface area contributed by atoms with Gasteiger partial charge in [-0.25, -0.2) is 0 Å². The maximum Gasteiger partial charge on any atom is 0.0741 e. The van der Waals surface area contributed by atoms with Gasteiger partial charge < -0.3 is 4.57 Å². The third-order valence-corrected chi connectivity index (χ3v) is 5.78. The van der Waals surface area contributed by atoms with Gasteiger partial charge in [0, 0.05) is 64.0 Å². The van der Waals surface area contributed by atoms with Crippen LogP contribution in [0.25, 0.3) is 5.69 Å². The van der Waals surface area contributed by atoms with Gasteiger partial charge in [0.1, 0.15) is 0 Å². The maximum absolute atomic E-state index is 4.64. The molecule has 0 amide bonds. The Morgan fingerprint density at radius 2 is 2.09 bits per heavy atom. The molecule has 1 aromatic heterocycles. The molecule has 2 unspecified atom stereocenters. The van der Waals surface area contributed by atoms with Crippen molar-refractivity contribution in [3.63, 3.8) is 0 Å². The summed E-state index contributed by atoms with van der Waals surface area (Å²) in [7, 11) is 0. The molecule has 0 fully saturated rings. The van der Waals surface area contributed by atoms with E-state index in [2.05, 4.69) is 81.9 Å². The molecular weight excluding hydrogens is 350 g/mol. The van der Waals surface area contributed by atoms with E-state index in [-0.39, 0.29) is 6.04 Å². The van der Waals surface area contributed by atoms with E-state index in [1.54, 1.807) is 0 Å². The van der Waals surface area contributed by atoms with Crippen LogP contribution in [0.1, 0.15) is 53.9 Å². The minimum absolute atomic E-state index is 0.210. The Labute approximate surface area is 145 Å². The molecule has 2 atom stereocenters. The molecule has 2 aromatic rings. The van der Waals surface area contributed by atoms with Gasteiger partial charge in [0.05, 0.1) is 6.04 Å². The molecule has 3 heterocycles. The number of aromatic nitrogens is 1. The van der Waals surface area contributed by atoms with Gasteiger partial charge >= 0.3 is 0 Å². The van der Waals surface area contributed by atoms with E-state index in [1.165, 1.54) is 33.8 Å². The number of hydrogen-bond acceptors (Lipinski definition) is 2. The Balaban J connectivity index is 2.03. The van der Waals surface area contributed by atoms with Crippen molar-refractivity contribution < 1.29 is 0 Å². The van der Waals surface area contributed by atoms with E-state index in [0.29, 0.717) is 5.92 Å². The summed E-state index contributed by atoms with van der Waals surface area (Å²) in [6, 6.07) is 6.82. The van der Waals surface area contributed by atoms with Crippen molar-refractivity contribution in [2.45, 2.75) is 39.2 Å². The molecule has 2 aliphatic rings. The average molecular weight is 370 g/mol. The smallest absolute Gasteiger partial charge is 0.0741 e. The minimum atomic E-state index is 0.210. The van der Waals surface area contributed by atoms with E-state index in [9.17, 15) is 0 Å². The Morgan fingerprint density at radius 3 is 2.87 bits per heavy atom. The van der Waals surface area contributed by atoms with Crippen LogP contribution in [0.2, 0.25) is 0 Å². The van der Waals surface area contributed by atoms with Crippen molar-refractivity contribution in [2.75, 3.05) is 6.54 Å². The molecule has 23 heavy (non-hydrogen) atoms. The Kier molecular flexibility index (Phi) is 3.52. The molecule has 4 heteroatoms. The lowest BCUT2D eigenvalue weighted by molar-refractivity contribution is 0.708. The summed E-state index contributed by atoms with van der Waals surface area (Å²) in [5.41, 5.74) is 7.92. The zero-order chi connectivity index (χ0) is 16.1. The first kappa shape index (κ1) is 14.9. The van der Waals surface area contributed by atoms with Crippen LogP contribution in [0.15, 0.2) is 32.7 Å². The summed E-state index contributed by atoms with van der Waals surface area (Å²) >= 11 is 3.61. The predicted molar refractivity (Wildman–Crippen MR) is 99.7 cm³/mol. The molecule has 1 aromatic carbocycles. The van der Waals surface area contributed by atoms with E-state index in [1.807, 2.05) is 0 Å². The first-order chi connectivity index (χ1) is 11.1. The highest BCUT2D eigenvalue weighted by atomic mass is 79.9. The first-order valence-corrected chi connectivity index (χ1v) is 8.92. The van der Waals surface area contributed by atoms with Gasteiger partial charge in [-0.15, -0.1) is 0 Å². The summed E-state index contributed by atoms with van der Waals surface area (Å²) in [4.78, 5) is 9.22. The summed E-state index contributed by atoms with van der Waals surface area (Å²) in [6.45, 7) is 7.46. The molecule has 4 rings (SSSR count). The Hall–Kier alpha value is -1.68. The van der Waals surface area contributed by atoms with E-state index in [4.69, 9.17) is 0 Å². The molecule has 3 nitrogen and oxygen atoms in total. The highest BCUT2D eigenvalue weighted by molar-refractivity contribution is 9.10. The van der Waals surface area contributed by atoms with Crippen LogP contribution in [0, 0.1) is 6.92 Å². The maximum atomic E-state index is 4.64. The van der Waals surface area contributed by atoms with Crippen LogP contribution >= 0.6 is 15.9 Å². The third-order valence-electron chi connectivity index (χ3n) is 4.89. The molecule has 0 saturated carbocycles. The van der Waals surface area contributed by atoms with Crippen LogP contribution < -0.4 is 0 Å². The van der Waals surface area contributed by atoms with Gasteiger partial charge in [-0.1, -0.05) is 22.9 Å². The number of halogens is 1. The molecule has 0 radical (unpaired) electrons. The number of nitrogens with zero attached hydrogens (tertiary/aromatic N) is 3. The molecule has 0 spiro atoms. The van der Waals surface area contributed by atoms with Crippen molar-refractivity contribution >= 4 is 28.4 Å². The number of aryl methyl sites for hydroxylation is 1. The van der Waals surface area contributed by atoms with Gasteiger partial charge in [-0.05, 0) is 37.6 Å². The topological polar surface area (TPSA) is 29.6 Å². The Bertz CT molecular complexity index is 845. The van der Waals surface area contributed by atoms with Crippen LogP contribution in [-0.4, -0.2) is 23.5 Å². The van der Waals surface area contributed by atoms with Crippen molar-refractivity contribution in [1.82, 2.24) is 4.57 Å². The molecule has 2 aliphatic heterocycles. The van der Waals surface area contributed by atoms with Gasteiger partial charge in [-0.2, -0.15) is 0 Å². The molecule has 118 valence electrons. The van der Waals surface area contributed by atoms with E-state index in [0.717, 1.165) is 17.4 Å². The standard InChI is InChI=1S/C19H20BrN3/c1-11-8-14(4-5-16(11)20)23-17-6-7-22-13(3)18(17)15-10-21-9-12(2)19(15)23/h4-5,7-8,10,12-13H,6,9H2,1-3H3. The van der Waals surface area contributed by atoms with Gasteiger partial charge in [0.15, 0.2) is 0 Å². The van der Waals surface area contributed by atoms with Crippen LogP contribution in [-0.2, 0) is 6.42 Å². The number of rotatable bonds is 1. The van der Waals surface area contributed by atoms with Gasteiger partial charge in [-0.3, -0.25) is 9.98 Å². The number of fused-ring (bicyclic) bond motifs is 3.